The molecule has 1 unspecified atom stereocenters. The van der Waals surface area contributed by atoms with E-state index in [0.717, 1.165) is 13.6 Å². The standard InChI is InChI=1S/C22H26BrIN2O3/c1-15(2)12-25-22(28)16(3)26(13-17-4-6-18(23)7-5-17)21(27)14-29-20-10-8-19(24)9-11-20/h4-11,15-16H,12-14H2,1-3H3,(H,25,28). The van der Waals surface area contributed by atoms with Crippen LogP contribution in [0.4, 0.5) is 0 Å². The van der Waals surface area contributed by atoms with Crippen molar-refractivity contribution in [2.24, 2.45) is 5.92 Å². The zero-order chi connectivity index (χ0) is 21.4. The predicted octanol–water partition coefficient (Wildman–Crippen LogP) is 4.62. The van der Waals surface area contributed by atoms with Crippen molar-refractivity contribution >= 4 is 50.3 Å². The van der Waals surface area contributed by atoms with Crippen LogP contribution < -0.4 is 10.1 Å². The summed E-state index contributed by atoms with van der Waals surface area (Å²) >= 11 is 5.63. The van der Waals surface area contributed by atoms with Crippen LogP contribution in [0, 0.1) is 9.49 Å². The second-order valence-corrected chi connectivity index (χ2v) is 9.37. The van der Waals surface area contributed by atoms with Crippen LogP contribution in [-0.2, 0) is 16.1 Å². The van der Waals surface area contributed by atoms with Crippen LogP contribution in [0.3, 0.4) is 0 Å². The molecule has 156 valence electrons. The van der Waals surface area contributed by atoms with Crippen molar-refractivity contribution in [1.29, 1.82) is 0 Å². The fraction of sp³-hybridized carbons (Fsp3) is 0.364. The molecule has 0 aliphatic heterocycles. The summed E-state index contributed by atoms with van der Waals surface area (Å²) in [5.74, 6) is 0.558. The minimum atomic E-state index is -0.606. The summed E-state index contributed by atoms with van der Waals surface area (Å²) in [5.41, 5.74) is 0.944. The second kappa shape index (κ2) is 11.5. The SMILES string of the molecule is CC(C)CNC(=O)C(C)N(Cc1ccc(Br)cc1)C(=O)COc1ccc(I)cc1. The van der Waals surface area contributed by atoms with Crippen LogP contribution in [0.2, 0.25) is 0 Å². The molecule has 2 aromatic rings. The van der Waals surface area contributed by atoms with Gasteiger partial charge in [0.15, 0.2) is 6.61 Å². The van der Waals surface area contributed by atoms with Crippen LogP contribution >= 0.6 is 38.5 Å². The van der Waals surface area contributed by atoms with Gasteiger partial charge >= 0.3 is 0 Å². The summed E-state index contributed by atoms with van der Waals surface area (Å²) in [6.45, 7) is 6.59. The molecule has 7 heteroatoms. The van der Waals surface area contributed by atoms with Gasteiger partial charge in [-0.15, -0.1) is 0 Å². The highest BCUT2D eigenvalue weighted by Gasteiger charge is 2.26. The maximum absolute atomic E-state index is 12.9. The molecule has 0 aromatic heterocycles. The Hall–Kier alpha value is -1.61. The number of amides is 2. The largest absolute Gasteiger partial charge is 0.484 e. The number of halogens is 2. The number of rotatable bonds is 9. The lowest BCUT2D eigenvalue weighted by Gasteiger charge is -2.29. The Morgan fingerprint density at radius 3 is 2.28 bits per heavy atom. The van der Waals surface area contributed by atoms with Crippen molar-refractivity contribution in [1.82, 2.24) is 10.2 Å². The monoisotopic (exact) mass is 572 g/mol. The first-order chi connectivity index (χ1) is 13.8. The van der Waals surface area contributed by atoms with E-state index in [0.29, 0.717) is 24.8 Å². The Kier molecular flexibility index (Phi) is 9.42. The Balaban J connectivity index is 2.10. The Labute approximate surface area is 194 Å². The van der Waals surface area contributed by atoms with Crippen LogP contribution in [0.25, 0.3) is 0 Å². The van der Waals surface area contributed by atoms with E-state index >= 15 is 0 Å². The molecule has 2 rings (SSSR count). The van der Waals surface area contributed by atoms with Gasteiger partial charge in [0.1, 0.15) is 11.8 Å². The first-order valence-electron chi connectivity index (χ1n) is 9.46. The van der Waals surface area contributed by atoms with Gasteiger partial charge in [-0.25, -0.2) is 0 Å². The Bertz CT molecular complexity index is 810. The average molecular weight is 573 g/mol. The zero-order valence-corrected chi connectivity index (χ0v) is 20.6. The number of ether oxygens (including phenoxy) is 1. The summed E-state index contributed by atoms with van der Waals surface area (Å²) < 4.78 is 7.71. The van der Waals surface area contributed by atoms with Crippen LogP contribution in [0.15, 0.2) is 53.0 Å². The third-order valence-corrected chi connectivity index (χ3v) is 5.54. The molecule has 0 heterocycles. The minimum Gasteiger partial charge on any atom is -0.484 e. The van der Waals surface area contributed by atoms with Gasteiger partial charge in [0.05, 0.1) is 0 Å². The fourth-order valence-electron chi connectivity index (χ4n) is 2.58. The van der Waals surface area contributed by atoms with Crippen molar-refractivity contribution in [3.8, 4) is 5.75 Å². The molecule has 0 saturated carbocycles. The Morgan fingerprint density at radius 1 is 1.07 bits per heavy atom. The predicted molar refractivity (Wildman–Crippen MR) is 127 cm³/mol. The third-order valence-electron chi connectivity index (χ3n) is 4.29. The van der Waals surface area contributed by atoms with Crippen LogP contribution in [-0.4, -0.2) is 35.9 Å². The van der Waals surface area contributed by atoms with Crippen molar-refractivity contribution in [2.75, 3.05) is 13.2 Å². The lowest BCUT2D eigenvalue weighted by atomic mass is 10.1. The number of carbonyl (C=O) groups is 2. The number of carbonyl (C=O) groups excluding carboxylic acids is 2. The van der Waals surface area contributed by atoms with Gasteiger partial charge in [0, 0.05) is 21.1 Å². The van der Waals surface area contributed by atoms with Gasteiger partial charge in [-0.05, 0) is 77.4 Å². The van der Waals surface area contributed by atoms with Gasteiger partial charge in [-0.3, -0.25) is 9.59 Å². The van der Waals surface area contributed by atoms with E-state index in [1.165, 1.54) is 0 Å². The molecular weight excluding hydrogens is 547 g/mol. The van der Waals surface area contributed by atoms with E-state index in [9.17, 15) is 9.59 Å². The molecule has 2 amide bonds. The van der Waals surface area contributed by atoms with E-state index < -0.39 is 6.04 Å². The molecule has 1 atom stereocenters. The summed E-state index contributed by atoms with van der Waals surface area (Å²) in [6.07, 6.45) is 0. The molecule has 0 saturated heterocycles. The highest BCUT2D eigenvalue weighted by Crippen LogP contribution is 2.16. The number of hydrogen-bond donors (Lipinski definition) is 1. The number of benzene rings is 2. The van der Waals surface area contributed by atoms with Crippen LogP contribution in [0.1, 0.15) is 26.3 Å². The zero-order valence-electron chi connectivity index (χ0n) is 16.8. The van der Waals surface area contributed by atoms with E-state index in [4.69, 9.17) is 4.74 Å². The van der Waals surface area contributed by atoms with E-state index in [1.54, 1.807) is 11.8 Å². The summed E-state index contributed by atoms with van der Waals surface area (Å²) in [6, 6.07) is 14.6. The molecule has 1 N–H and O–H groups in total. The molecule has 29 heavy (non-hydrogen) atoms. The molecule has 0 spiro atoms. The second-order valence-electron chi connectivity index (χ2n) is 7.21. The first-order valence-corrected chi connectivity index (χ1v) is 11.3. The maximum atomic E-state index is 12.9. The summed E-state index contributed by atoms with van der Waals surface area (Å²) in [4.78, 5) is 27.1. The smallest absolute Gasteiger partial charge is 0.261 e. The summed E-state index contributed by atoms with van der Waals surface area (Å²) in [7, 11) is 0. The van der Waals surface area contributed by atoms with E-state index in [1.807, 2.05) is 62.4 Å². The average Bonchev–Trinajstić information content (AvgIpc) is 2.70. The highest BCUT2D eigenvalue weighted by atomic mass is 127. The van der Waals surface area contributed by atoms with Gasteiger partial charge < -0.3 is 15.0 Å². The van der Waals surface area contributed by atoms with E-state index in [2.05, 4.69) is 43.8 Å². The topological polar surface area (TPSA) is 58.6 Å². The maximum Gasteiger partial charge on any atom is 0.261 e. The lowest BCUT2D eigenvalue weighted by Crippen LogP contribution is -2.49. The summed E-state index contributed by atoms with van der Waals surface area (Å²) in [5, 5.41) is 2.91. The molecule has 2 aromatic carbocycles. The quantitative estimate of drug-likeness (QED) is 0.446. The van der Waals surface area contributed by atoms with Crippen molar-refractivity contribution < 1.29 is 14.3 Å². The lowest BCUT2D eigenvalue weighted by molar-refractivity contribution is -0.142. The molecule has 0 radical (unpaired) electrons. The molecular formula is C22H26BrIN2O3. The minimum absolute atomic E-state index is 0.126. The number of nitrogens with one attached hydrogen (secondary N) is 1. The highest BCUT2D eigenvalue weighted by molar-refractivity contribution is 14.1. The Morgan fingerprint density at radius 2 is 1.69 bits per heavy atom. The van der Waals surface area contributed by atoms with Gasteiger partial charge in [0.25, 0.3) is 5.91 Å². The molecule has 0 bridgehead atoms. The number of nitrogens with zero attached hydrogens (tertiary/aromatic N) is 1. The van der Waals surface area contributed by atoms with Gasteiger partial charge in [0.2, 0.25) is 5.91 Å². The van der Waals surface area contributed by atoms with Crippen molar-refractivity contribution in [3.05, 3.63) is 62.1 Å². The molecule has 5 nitrogen and oxygen atoms in total. The normalized spacial score (nSPS) is 11.8. The van der Waals surface area contributed by atoms with Gasteiger partial charge in [-0.1, -0.05) is 41.9 Å². The molecule has 0 aliphatic carbocycles. The third kappa shape index (κ3) is 7.97. The van der Waals surface area contributed by atoms with Crippen molar-refractivity contribution in [3.63, 3.8) is 0 Å². The van der Waals surface area contributed by atoms with Crippen molar-refractivity contribution in [2.45, 2.75) is 33.4 Å². The fourth-order valence-corrected chi connectivity index (χ4v) is 3.20. The first kappa shape index (κ1) is 23.7. The van der Waals surface area contributed by atoms with Gasteiger partial charge in [-0.2, -0.15) is 0 Å². The van der Waals surface area contributed by atoms with E-state index in [-0.39, 0.29) is 18.4 Å². The van der Waals surface area contributed by atoms with Crippen LogP contribution in [0.5, 0.6) is 5.75 Å². The number of hydrogen-bond acceptors (Lipinski definition) is 3. The molecule has 0 aliphatic rings. The molecule has 0 fully saturated rings.